The van der Waals surface area contributed by atoms with Crippen molar-refractivity contribution in [1.29, 1.82) is 0 Å². The second-order valence-electron chi connectivity index (χ2n) is 8.92. The smallest absolute Gasteiger partial charge is 0.377 e. The number of aromatic nitrogens is 3. The molecule has 5 rings (SSSR count). The van der Waals surface area contributed by atoms with E-state index >= 15 is 0 Å². The van der Waals surface area contributed by atoms with Gasteiger partial charge in [-0.1, -0.05) is 0 Å². The average Bonchev–Trinajstić information content (AvgIpc) is 3.39. The molecule has 6 nitrogen and oxygen atoms in total. The van der Waals surface area contributed by atoms with Gasteiger partial charge in [-0.05, 0) is 68.2 Å². The maximum atomic E-state index is 13.2. The highest BCUT2D eigenvalue weighted by molar-refractivity contribution is 5.62. The van der Waals surface area contributed by atoms with Gasteiger partial charge in [-0.25, -0.2) is 0 Å². The van der Waals surface area contributed by atoms with Crippen LogP contribution in [0.15, 0.2) is 30.5 Å². The van der Waals surface area contributed by atoms with Crippen LogP contribution < -0.4 is 5.32 Å². The van der Waals surface area contributed by atoms with E-state index in [2.05, 4.69) is 20.5 Å². The van der Waals surface area contributed by atoms with Crippen molar-refractivity contribution in [2.75, 3.05) is 31.5 Å². The average molecular weight is 450 g/mol. The highest BCUT2D eigenvalue weighted by atomic mass is 19.4. The van der Waals surface area contributed by atoms with E-state index in [0.717, 1.165) is 38.3 Å². The number of ether oxygens (including phenoxy) is 1. The van der Waals surface area contributed by atoms with E-state index in [4.69, 9.17) is 7.48 Å². The zero-order chi connectivity index (χ0) is 23.9. The Morgan fingerprint density at radius 3 is 2.59 bits per heavy atom. The lowest BCUT2D eigenvalue weighted by Gasteiger charge is -2.28. The Bertz CT molecular complexity index is 987. The molecule has 2 unspecified atom stereocenters. The van der Waals surface area contributed by atoms with Crippen molar-refractivity contribution >= 4 is 5.82 Å². The van der Waals surface area contributed by atoms with Crippen molar-refractivity contribution in [1.82, 2.24) is 20.1 Å². The first-order valence-corrected chi connectivity index (χ1v) is 11.2. The summed E-state index contributed by atoms with van der Waals surface area (Å²) in [6.45, 7) is 0.606. The number of rotatable bonds is 5. The zero-order valence-electron chi connectivity index (χ0n) is 19.7. The van der Waals surface area contributed by atoms with Crippen molar-refractivity contribution in [3.8, 4) is 11.3 Å². The fraction of sp³-hybridized carbons (Fsp3) is 0.609. The standard InChI is InChI=1S/C23H28F3N5O/c24-23(25,26)22-19(5-3-8-27-22)20-6-7-21(30-29-20)28-17-10-15-12-31(13-16(15)11-17)14-18-4-1-2-9-32-18/h3,5-8,15-18H,1-2,4,9-14H2,(H,28,30)/t15?,16?,17?,18-/m0/s1/i14D2. The van der Waals surface area contributed by atoms with Crippen molar-refractivity contribution in [3.05, 3.63) is 36.2 Å². The molecule has 0 bridgehead atoms. The molecular formula is C23H28F3N5O. The number of alkyl halides is 3. The third-order valence-corrected chi connectivity index (χ3v) is 6.63. The molecular weight excluding hydrogens is 419 g/mol. The van der Waals surface area contributed by atoms with Crippen LogP contribution in [0.1, 0.15) is 40.5 Å². The molecule has 32 heavy (non-hydrogen) atoms. The quantitative estimate of drug-likeness (QED) is 0.737. The number of halogens is 3. The molecule has 3 fully saturated rings. The number of likely N-dealkylation sites (tertiary alicyclic amines) is 1. The van der Waals surface area contributed by atoms with Crippen molar-refractivity contribution in [2.24, 2.45) is 11.8 Å². The van der Waals surface area contributed by atoms with Gasteiger partial charge in [0.25, 0.3) is 0 Å². The lowest BCUT2D eigenvalue weighted by Crippen LogP contribution is -2.35. The summed E-state index contributed by atoms with van der Waals surface area (Å²) in [5.74, 6) is 1.32. The van der Waals surface area contributed by atoms with Crippen LogP contribution in [0.3, 0.4) is 0 Å². The third kappa shape index (κ3) is 4.73. The summed E-state index contributed by atoms with van der Waals surface area (Å²) in [6, 6.07) is 6.14. The number of pyridine rings is 1. The lowest BCUT2D eigenvalue weighted by atomic mass is 10.0. The molecule has 4 heterocycles. The molecule has 3 atom stereocenters. The maximum absolute atomic E-state index is 13.2. The van der Waals surface area contributed by atoms with Crippen LogP contribution >= 0.6 is 0 Å². The first-order valence-electron chi connectivity index (χ1n) is 12.2. The number of nitrogens with zero attached hydrogens (tertiary/aromatic N) is 4. The molecule has 0 amide bonds. The van der Waals surface area contributed by atoms with Crippen molar-refractivity contribution in [3.63, 3.8) is 0 Å². The van der Waals surface area contributed by atoms with Crippen LogP contribution in [-0.2, 0) is 10.9 Å². The van der Waals surface area contributed by atoms with Crippen LogP contribution in [0.2, 0.25) is 0 Å². The van der Waals surface area contributed by atoms with Gasteiger partial charge in [0.1, 0.15) is 5.82 Å². The minimum Gasteiger partial charge on any atom is -0.377 e. The van der Waals surface area contributed by atoms with Crippen LogP contribution in [0.5, 0.6) is 0 Å². The fourth-order valence-corrected chi connectivity index (χ4v) is 5.17. The Morgan fingerprint density at radius 1 is 1.12 bits per heavy atom. The lowest BCUT2D eigenvalue weighted by molar-refractivity contribution is -0.140. The van der Waals surface area contributed by atoms with Gasteiger partial charge in [-0.3, -0.25) is 4.98 Å². The summed E-state index contributed by atoms with van der Waals surface area (Å²) in [4.78, 5) is 5.42. The summed E-state index contributed by atoms with van der Waals surface area (Å²) in [5, 5.41) is 11.5. The van der Waals surface area contributed by atoms with Gasteiger partial charge in [0, 0.05) is 46.7 Å². The Kier molecular flexibility index (Phi) is 5.37. The van der Waals surface area contributed by atoms with Crippen LogP contribution in [0.25, 0.3) is 11.3 Å². The molecule has 1 N–H and O–H groups in total. The molecule has 0 radical (unpaired) electrons. The molecule has 2 aromatic heterocycles. The Morgan fingerprint density at radius 2 is 1.94 bits per heavy atom. The third-order valence-electron chi connectivity index (χ3n) is 6.63. The summed E-state index contributed by atoms with van der Waals surface area (Å²) in [6.07, 6.45) is 0.752. The predicted octanol–water partition coefficient (Wildman–Crippen LogP) is 4.25. The van der Waals surface area contributed by atoms with Crippen LogP contribution in [-0.4, -0.2) is 58.4 Å². The largest absolute Gasteiger partial charge is 0.434 e. The first-order chi connectivity index (χ1) is 16.2. The molecule has 2 aliphatic heterocycles. The maximum Gasteiger partial charge on any atom is 0.434 e. The summed E-state index contributed by atoms with van der Waals surface area (Å²) in [7, 11) is 0. The van der Waals surface area contributed by atoms with E-state index in [9.17, 15) is 13.2 Å². The Labute approximate surface area is 188 Å². The van der Waals surface area contributed by atoms with Crippen molar-refractivity contribution in [2.45, 2.75) is 50.4 Å². The fourth-order valence-electron chi connectivity index (χ4n) is 5.17. The van der Waals surface area contributed by atoms with E-state index in [1.54, 1.807) is 6.07 Å². The molecule has 0 spiro atoms. The Hall–Kier alpha value is -2.26. The molecule has 0 aromatic carbocycles. The number of hydrogen-bond donors (Lipinski definition) is 1. The van der Waals surface area contributed by atoms with E-state index in [-0.39, 0.29) is 23.4 Å². The van der Waals surface area contributed by atoms with E-state index < -0.39 is 18.4 Å². The van der Waals surface area contributed by atoms with Crippen LogP contribution in [0, 0.1) is 11.8 Å². The van der Waals surface area contributed by atoms with Crippen molar-refractivity contribution < 1.29 is 20.6 Å². The van der Waals surface area contributed by atoms with Gasteiger partial charge in [-0.2, -0.15) is 13.2 Å². The minimum atomic E-state index is -4.57. The van der Waals surface area contributed by atoms with Gasteiger partial charge in [-0.15, -0.1) is 10.2 Å². The highest BCUT2D eigenvalue weighted by Crippen LogP contribution is 2.39. The molecule has 1 aliphatic carbocycles. The van der Waals surface area contributed by atoms with Gasteiger partial charge < -0.3 is 15.0 Å². The van der Waals surface area contributed by atoms with Crippen LogP contribution in [0.4, 0.5) is 19.0 Å². The molecule has 2 saturated heterocycles. The molecule has 172 valence electrons. The second kappa shape index (κ2) is 8.94. The van der Waals surface area contributed by atoms with Gasteiger partial charge in [0.05, 0.1) is 11.8 Å². The molecule has 3 aliphatic rings. The minimum absolute atomic E-state index is 0.0965. The number of hydrogen-bond acceptors (Lipinski definition) is 6. The normalized spacial score (nSPS) is 30.0. The number of anilines is 1. The first kappa shape index (κ1) is 19.2. The summed E-state index contributed by atoms with van der Waals surface area (Å²) in [5.41, 5.74) is -0.950. The summed E-state index contributed by atoms with van der Waals surface area (Å²) < 4.78 is 62.7. The number of nitrogens with one attached hydrogen (secondary N) is 1. The number of fused-ring (bicyclic) bond motifs is 1. The SMILES string of the molecule is [2H]C([2H])([C@@H]1CCCCO1)N1CC2CC(Nc3ccc(-c4cccnc4C(F)(F)F)nn3)CC2C1. The van der Waals surface area contributed by atoms with Gasteiger partial charge in [0.15, 0.2) is 5.69 Å². The summed E-state index contributed by atoms with van der Waals surface area (Å²) >= 11 is 0. The monoisotopic (exact) mass is 449 g/mol. The molecule has 2 aromatic rings. The van der Waals surface area contributed by atoms with Gasteiger partial charge in [0.2, 0.25) is 0 Å². The highest BCUT2D eigenvalue weighted by Gasteiger charge is 2.41. The van der Waals surface area contributed by atoms with E-state index in [0.29, 0.717) is 37.4 Å². The second-order valence-corrected chi connectivity index (χ2v) is 8.92. The molecule has 1 saturated carbocycles. The van der Waals surface area contributed by atoms with E-state index in [1.807, 2.05) is 4.90 Å². The van der Waals surface area contributed by atoms with Gasteiger partial charge >= 0.3 is 6.18 Å². The van der Waals surface area contributed by atoms with E-state index in [1.165, 1.54) is 18.2 Å². The zero-order valence-corrected chi connectivity index (χ0v) is 17.7. The Balaban J connectivity index is 1.19. The molecule has 9 heteroatoms. The topological polar surface area (TPSA) is 63.2 Å². The predicted molar refractivity (Wildman–Crippen MR) is 114 cm³/mol.